The summed E-state index contributed by atoms with van der Waals surface area (Å²) >= 11 is 37.7. The maximum atomic E-state index is 13.5. The van der Waals surface area contributed by atoms with Gasteiger partial charge in [-0.1, -0.05) is 191 Å². The second-order valence-corrected chi connectivity index (χ2v) is 27.8. The molecule has 0 bridgehead atoms. The molecule has 0 spiro atoms. The molecule has 7 aromatic carbocycles. The number of hydrogen-bond acceptors (Lipinski definition) is 7. The molecule has 101 heavy (non-hydrogen) atoms. The highest BCUT2D eigenvalue weighted by molar-refractivity contribution is 6.36. The van der Waals surface area contributed by atoms with Gasteiger partial charge < -0.3 is 16.0 Å². The number of carbonyl (C=O) groups is 3. The van der Waals surface area contributed by atoms with Crippen LogP contribution in [0.1, 0.15) is 171 Å². The molecule has 11 aromatic rings. The van der Waals surface area contributed by atoms with Crippen LogP contribution in [0.4, 0.5) is 0 Å². The summed E-state index contributed by atoms with van der Waals surface area (Å²) in [5.74, 6) is -0.552. The Morgan fingerprint density at radius 3 is 1.42 bits per heavy atom. The topological polar surface area (TPSA) is 154 Å². The number of nitrogens with one attached hydrogen (secondary N) is 3. The number of pyridine rings is 1. The van der Waals surface area contributed by atoms with Crippen molar-refractivity contribution in [2.45, 2.75) is 110 Å². The van der Waals surface area contributed by atoms with Gasteiger partial charge in [-0.05, 0) is 215 Å². The van der Waals surface area contributed by atoms with Gasteiger partial charge in [0, 0.05) is 54.7 Å². The zero-order chi connectivity index (χ0) is 70.5. The summed E-state index contributed by atoms with van der Waals surface area (Å²) in [7, 11) is 0. The van der Waals surface area contributed by atoms with Crippen LogP contribution in [0.15, 0.2) is 206 Å². The molecule has 14 rings (SSSR count). The Kier molecular flexibility index (Phi) is 23.7. The van der Waals surface area contributed by atoms with Crippen LogP contribution in [0.3, 0.4) is 0 Å². The number of nitrogens with zero attached hydrogens (tertiary/aromatic N) is 7. The molecule has 0 fully saturated rings. The van der Waals surface area contributed by atoms with Crippen LogP contribution in [0.2, 0.25) is 30.1 Å². The summed E-state index contributed by atoms with van der Waals surface area (Å²) in [5.41, 5.74) is 17.7. The summed E-state index contributed by atoms with van der Waals surface area (Å²) in [4.78, 5) is 43.8. The van der Waals surface area contributed by atoms with Crippen LogP contribution < -0.4 is 16.0 Å². The number of fused-ring (bicyclic) bond motifs is 3. The highest BCUT2D eigenvalue weighted by atomic mass is 35.5. The van der Waals surface area contributed by atoms with Gasteiger partial charge in [0.15, 0.2) is 11.4 Å². The van der Waals surface area contributed by atoms with E-state index in [0.29, 0.717) is 52.9 Å². The number of halogens is 6. The van der Waals surface area contributed by atoms with Crippen molar-refractivity contribution in [2.75, 3.05) is 0 Å². The van der Waals surface area contributed by atoms with Gasteiger partial charge in [0.25, 0.3) is 11.8 Å². The number of allylic oxidation sites excluding steroid dienone is 2. The quantitative estimate of drug-likeness (QED) is 0.0814. The number of amides is 3. The highest BCUT2D eigenvalue weighted by Gasteiger charge is 2.32. The molecule has 4 heterocycles. The first-order chi connectivity index (χ1) is 49.0. The molecular weight excluding hydrogens is 1390 g/mol. The number of rotatable bonds is 16. The van der Waals surface area contributed by atoms with Crippen LogP contribution in [0.5, 0.6) is 0 Å². The zero-order valence-corrected chi connectivity index (χ0v) is 60.5. The first-order valence-corrected chi connectivity index (χ1v) is 36.1. The van der Waals surface area contributed by atoms with Crippen LogP contribution in [0.25, 0.3) is 40.7 Å². The van der Waals surface area contributed by atoms with Crippen molar-refractivity contribution < 1.29 is 14.4 Å². The van der Waals surface area contributed by atoms with Gasteiger partial charge in [-0.3, -0.25) is 24.0 Å². The van der Waals surface area contributed by atoms with E-state index in [1.807, 2.05) is 172 Å². The Labute approximate surface area is 618 Å². The second kappa shape index (κ2) is 33.4. The molecule has 19 heteroatoms. The summed E-state index contributed by atoms with van der Waals surface area (Å²) in [5, 5.41) is 27.0. The number of carbonyl (C=O) groups excluding carboxylic acids is 3. The van der Waals surface area contributed by atoms with Crippen molar-refractivity contribution in [1.29, 1.82) is 0 Å². The van der Waals surface area contributed by atoms with E-state index >= 15 is 0 Å². The van der Waals surface area contributed by atoms with Gasteiger partial charge in [-0.15, -0.1) is 0 Å². The Bertz CT molecular complexity index is 4620. The molecule has 13 nitrogen and oxygen atoms in total. The summed E-state index contributed by atoms with van der Waals surface area (Å²) in [6.45, 7) is 6.65. The lowest BCUT2D eigenvalue weighted by atomic mass is 9.89. The molecule has 3 amide bonds. The molecule has 1 unspecified atom stereocenters. The molecule has 0 saturated heterocycles. The zero-order valence-electron chi connectivity index (χ0n) is 56.0. The van der Waals surface area contributed by atoms with Crippen molar-refractivity contribution in [3.05, 3.63) is 321 Å². The third kappa shape index (κ3) is 17.7. The number of aromatic nitrogens is 7. The maximum Gasteiger partial charge on any atom is 0.272 e. The normalized spacial score (nSPS) is 14.8. The van der Waals surface area contributed by atoms with Crippen molar-refractivity contribution in [3.8, 4) is 11.4 Å². The second-order valence-electron chi connectivity index (χ2n) is 25.2. The molecule has 512 valence electrons. The van der Waals surface area contributed by atoms with Gasteiger partial charge in [0.1, 0.15) is 0 Å². The minimum Gasteiger partial charge on any atom is -0.346 e. The van der Waals surface area contributed by atoms with Gasteiger partial charge >= 0.3 is 0 Å². The Morgan fingerprint density at radius 2 is 0.921 bits per heavy atom. The third-order valence-electron chi connectivity index (χ3n) is 18.1. The van der Waals surface area contributed by atoms with Gasteiger partial charge in [0.05, 0.1) is 68.9 Å². The maximum absolute atomic E-state index is 13.5. The molecule has 0 saturated carbocycles. The Balaban J connectivity index is 0.000000144. The standard InChI is InChI=1S/C29H24Cl3N3O.C28H23Cl3N4O.C25H27N3O/c1-18(20-6-3-2-4-7-20)33-29(36)27-24-9-5-8-21(16-19-10-12-22(30)13-11-19)28(24)35(34-27)26-15-14-23(31)17-25(26)32;1-17(24-7-2-3-14-32-24)33-28(36)26-22-6-4-5-19(15-18-8-10-20(29)11-9-18)27(22)35(34-26)25-13-12-21(30)16-23(25)31;1-19(21-12-6-3-7-13-21)26-25(29)17-16-23-22-14-8-9-15-24(22)28(27-23)18-20-10-4-2-5-11-20/h2-4,6-7,10-18H,5,8-9H2,1H3,(H,33,36);2-3,7-17H,4-6H2,1H3,(H,33,36);2-7,10-13,16-17,19H,8-9,14-15,18H2,1H3,(H,26,29)/b21-16+;19-15+;17-16+/t18-;;19-/m1.0/s1. The molecule has 0 radical (unpaired) electrons. The predicted molar refractivity (Wildman–Crippen MR) is 411 cm³/mol. The van der Waals surface area contributed by atoms with E-state index in [4.69, 9.17) is 84.9 Å². The van der Waals surface area contributed by atoms with Crippen LogP contribution in [0, 0.1) is 0 Å². The smallest absolute Gasteiger partial charge is 0.272 e. The minimum atomic E-state index is -0.272. The van der Waals surface area contributed by atoms with Crippen molar-refractivity contribution in [3.63, 3.8) is 0 Å². The van der Waals surface area contributed by atoms with Crippen LogP contribution in [-0.4, -0.2) is 52.0 Å². The minimum absolute atomic E-state index is 0.0297. The van der Waals surface area contributed by atoms with E-state index in [9.17, 15) is 14.4 Å². The largest absolute Gasteiger partial charge is 0.346 e. The Hall–Kier alpha value is -9.31. The molecule has 3 aliphatic rings. The fourth-order valence-electron chi connectivity index (χ4n) is 13.0. The van der Waals surface area contributed by atoms with Crippen LogP contribution >= 0.6 is 69.6 Å². The summed E-state index contributed by atoms with van der Waals surface area (Å²) in [6.07, 6.45) is 18.9. The average Bonchev–Trinajstić information content (AvgIpc) is 1.62. The van der Waals surface area contributed by atoms with Crippen LogP contribution in [-0.2, 0) is 37.0 Å². The molecule has 3 aliphatic carbocycles. The molecule has 3 atom stereocenters. The highest BCUT2D eigenvalue weighted by Crippen LogP contribution is 2.40. The van der Waals surface area contributed by atoms with E-state index in [1.165, 1.54) is 29.7 Å². The fourth-order valence-corrected chi connectivity index (χ4v) is 14.3. The molecular formula is C82H74Cl6N10O3. The van der Waals surface area contributed by atoms with E-state index in [1.54, 1.807) is 45.9 Å². The monoisotopic (exact) mass is 1460 g/mol. The lowest BCUT2D eigenvalue weighted by Gasteiger charge is -2.19. The third-order valence-corrected chi connectivity index (χ3v) is 19.7. The van der Waals surface area contributed by atoms with Gasteiger partial charge in [0.2, 0.25) is 5.91 Å². The van der Waals surface area contributed by atoms with Crippen molar-refractivity contribution in [2.24, 2.45) is 0 Å². The first kappa shape index (κ1) is 71.5. The summed E-state index contributed by atoms with van der Waals surface area (Å²) in [6, 6.07) is 61.4. The van der Waals surface area contributed by atoms with Gasteiger partial charge in [-0.2, -0.15) is 15.3 Å². The lowest BCUT2D eigenvalue weighted by molar-refractivity contribution is -0.117. The lowest BCUT2D eigenvalue weighted by Crippen LogP contribution is -2.28. The van der Waals surface area contributed by atoms with E-state index < -0.39 is 0 Å². The average molecular weight is 1460 g/mol. The van der Waals surface area contributed by atoms with Crippen molar-refractivity contribution in [1.82, 2.24) is 50.3 Å². The van der Waals surface area contributed by atoms with Crippen molar-refractivity contribution >= 4 is 117 Å². The van der Waals surface area contributed by atoms with E-state index in [0.717, 1.165) is 125 Å². The SMILES string of the molecule is CC(NC(=O)c1nn(-c2ccc(Cl)cc2Cl)c2c1CCC/C2=C\c1ccc(Cl)cc1)c1ccccn1.C[C@@H](NC(=O)c1nn(-c2ccc(Cl)cc2Cl)c2c1CCC/C2=C\c1ccc(Cl)cc1)c1ccccc1.C[C@H](NC(=O)/C=C/c1nn(Cc2ccccc2)c2c1CCCC2)c1ccccc1. The summed E-state index contributed by atoms with van der Waals surface area (Å²) < 4.78 is 5.68. The number of benzene rings is 7. The molecule has 3 N–H and O–H groups in total. The molecule has 4 aromatic heterocycles. The van der Waals surface area contributed by atoms with E-state index in [-0.39, 0.29) is 35.8 Å². The Morgan fingerprint density at radius 1 is 0.465 bits per heavy atom. The first-order valence-electron chi connectivity index (χ1n) is 33.8. The van der Waals surface area contributed by atoms with Gasteiger partial charge in [-0.25, -0.2) is 9.36 Å². The fraction of sp³-hybridized carbons (Fsp3) is 0.207. The predicted octanol–water partition coefficient (Wildman–Crippen LogP) is 20.5. The van der Waals surface area contributed by atoms with E-state index in [2.05, 4.69) is 62.0 Å². The molecule has 0 aliphatic heterocycles. The number of hydrogen-bond donors (Lipinski definition) is 3.